The van der Waals surface area contributed by atoms with Crippen molar-refractivity contribution in [3.63, 3.8) is 0 Å². The molecule has 6 nitrogen and oxygen atoms in total. The van der Waals surface area contributed by atoms with Crippen LogP contribution in [-0.4, -0.2) is 35.8 Å². The summed E-state index contributed by atoms with van der Waals surface area (Å²) < 4.78 is 25.3. The molecule has 0 N–H and O–H groups in total. The summed E-state index contributed by atoms with van der Waals surface area (Å²) in [4.78, 5) is 7.23. The van der Waals surface area contributed by atoms with Crippen LogP contribution in [0.5, 0.6) is 0 Å². The van der Waals surface area contributed by atoms with Gasteiger partial charge < -0.3 is 0 Å². The Morgan fingerprint density at radius 2 is 2.06 bits per heavy atom. The third-order valence-corrected chi connectivity index (χ3v) is 4.18. The smallest absolute Gasteiger partial charge is 0.225 e. The molecule has 0 unspecified atom stereocenters. The Morgan fingerprint density at radius 3 is 2.53 bits per heavy atom. The highest BCUT2D eigenvalue weighted by atomic mass is 35.5. The molecule has 0 fully saturated rings. The number of aromatic nitrogens is 2. The highest BCUT2D eigenvalue weighted by Crippen LogP contribution is 2.14. The Hall–Kier alpha value is -1.23. The summed E-state index contributed by atoms with van der Waals surface area (Å²) in [6.45, 7) is 2.14. The molecule has 0 saturated carbocycles. The molecule has 8 heteroatoms. The summed E-state index contributed by atoms with van der Waals surface area (Å²) in [5, 5.41) is 8.46. The van der Waals surface area contributed by atoms with E-state index in [1.165, 1.54) is 4.31 Å². The molecule has 0 aromatic carbocycles. The SMILES string of the molecule is CCN(CCC#N)S(=O)(=O)c1cnc(Cl)nc1. The number of halogens is 1. The van der Waals surface area contributed by atoms with Gasteiger partial charge in [0.25, 0.3) is 0 Å². The van der Waals surface area contributed by atoms with E-state index in [1.54, 1.807) is 6.92 Å². The van der Waals surface area contributed by atoms with Crippen LogP contribution in [0, 0.1) is 11.3 Å². The van der Waals surface area contributed by atoms with Crippen LogP contribution in [0.15, 0.2) is 17.3 Å². The molecule has 0 aliphatic heterocycles. The van der Waals surface area contributed by atoms with Crippen LogP contribution in [0.1, 0.15) is 13.3 Å². The average Bonchev–Trinajstić information content (AvgIpc) is 2.30. The highest BCUT2D eigenvalue weighted by molar-refractivity contribution is 7.89. The van der Waals surface area contributed by atoms with Crippen LogP contribution in [-0.2, 0) is 10.0 Å². The average molecular weight is 275 g/mol. The first kappa shape index (κ1) is 13.8. The molecule has 0 aliphatic carbocycles. The summed E-state index contributed by atoms with van der Waals surface area (Å²) >= 11 is 5.49. The molecule has 0 spiro atoms. The second-order valence-electron chi connectivity index (χ2n) is 3.09. The van der Waals surface area contributed by atoms with E-state index in [-0.39, 0.29) is 29.7 Å². The number of nitriles is 1. The summed E-state index contributed by atoms with van der Waals surface area (Å²) in [5.41, 5.74) is 0. The lowest BCUT2D eigenvalue weighted by atomic mass is 10.5. The van der Waals surface area contributed by atoms with E-state index in [2.05, 4.69) is 9.97 Å². The van der Waals surface area contributed by atoms with Crippen molar-refractivity contribution in [2.24, 2.45) is 0 Å². The molecule has 1 aromatic heterocycles. The minimum atomic E-state index is -3.64. The van der Waals surface area contributed by atoms with Crippen LogP contribution in [0.3, 0.4) is 0 Å². The van der Waals surface area contributed by atoms with E-state index in [9.17, 15) is 8.42 Å². The summed E-state index contributed by atoms with van der Waals surface area (Å²) in [6, 6.07) is 1.91. The van der Waals surface area contributed by atoms with Crippen LogP contribution in [0.25, 0.3) is 0 Å². The summed E-state index contributed by atoms with van der Waals surface area (Å²) in [7, 11) is -3.64. The third kappa shape index (κ3) is 3.36. The van der Waals surface area contributed by atoms with Gasteiger partial charge in [-0.25, -0.2) is 18.4 Å². The highest BCUT2D eigenvalue weighted by Gasteiger charge is 2.23. The van der Waals surface area contributed by atoms with Gasteiger partial charge in [0.05, 0.1) is 18.5 Å². The molecule has 1 heterocycles. The fourth-order valence-electron chi connectivity index (χ4n) is 1.21. The van der Waals surface area contributed by atoms with Crippen LogP contribution in [0.4, 0.5) is 0 Å². The van der Waals surface area contributed by atoms with Gasteiger partial charge in [0, 0.05) is 19.5 Å². The van der Waals surface area contributed by atoms with Crippen molar-refractivity contribution in [1.82, 2.24) is 14.3 Å². The van der Waals surface area contributed by atoms with Gasteiger partial charge in [-0.3, -0.25) is 0 Å². The van der Waals surface area contributed by atoms with Crippen molar-refractivity contribution in [1.29, 1.82) is 5.26 Å². The molecule has 0 amide bonds. The molecule has 0 aliphatic rings. The van der Waals surface area contributed by atoms with Crippen LogP contribution < -0.4 is 0 Å². The lowest BCUT2D eigenvalue weighted by Gasteiger charge is -2.18. The number of rotatable bonds is 5. The molecule has 1 aromatic rings. The largest absolute Gasteiger partial charge is 0.246 e. The topological polar surface area (TPSA) is 87.0 Å². The first-order valence-electron chi connectivity index (χ1n) is 4.87. The zero-order valence-corrected chi connectivity index (χ0v) is 10.7. The maximum absolute atomic E-state index is 12.1. The van der Waals surface area contributed by atoms with Crippen molar-refractivity contribution in [3.05, 3.63) is 17.7 Å². The van der Waals surface area contributed by atoms with Crippen molar-refractivity contribution in [2.75, 3.05) is 13.1 Å². The minimum absolute atomic E-state index is 0.0102. The van der Waals surface area contributed by atoms with E-state index in [4.69, 9.17) is 16.9 Å². The summed E-state index contributed by atoms with van der Waals surface area (Å²) in [5.74, 6) is 0. The standard InChI is InChI=1S/C9H11ClN4O2S/c1-2-14(5-3-4-11)17(15,16)8-6-12-9(10)13-7-8/h6-7H,2-3,5H2,1H3. The maximum atomic E-state index is 12.1. The minimum Gasteiger partial charge on any atom is -0.225 e. The number of hydrogen-bond donors (Lipinski definition) is 0. The van der Waals surface area contributed by atoms with Gasteiger partial charge in [-0.2, -0.15) is 9.57 Å². The third-order valence-electron chi connectivity index (χ3n) is 2.06. The van der Waals surface area contributed by atoms with E-state index < -0.39 is 10.0 Å². The Kier molecular flexibility index (Phi) is 4.81. The summed E-state index contributed by atoms with van der Waals surface area (Å²) in [6.07, 6.45) is 2.45. The van der Waals surface area contributed by atoms with Gasteiger partial charge in [0.2, 0.25) is 15.3 Å². The lowest BCUT2D eigenvalue weighted by molar-refractivity contribution is 0.434. The van der Waals surface area contributed by atoms with E-state index in [0.29, 0.717) is 0 Å². The van der Waals surface area contributed by atoms with Gasteiger partial charge in [0.15, 0.2) is 0 Å². The van der Waals surface area contributed by atoms with E-state index in [0.717, 1.165) is 12.4 Å². The monoisotopic (exact) mass is 274 g/mol. The molecular formula is C9H11ClN4O2S. The molecule has 92 valence electrons. The predicted molar refractivity (Wildman–Crippen MR) is 61.7 cm³/mol. The number of sulfonamides is 1. The lowest BCUT2D eigenvalue weighted by Crippen LogP contribution is -2.31. The van der Waals surface area contributed by atoms with Crippen molar-refractivity contribution < 1.29 is 8.42 Å². The van der Waals surface area contributed by atoms with E-state index >= 15 is 0 Å². The second kappa shape index (κ2) is 5.91. The Bertz CT molecular complexity index is 509. The Balaban J connectivity index is 3.00. The molecule has 0 saturated heterocycles. The first-order chi connectivity index (χ1) is 8.02. The van der Waals surface area contributed by atoms with Gasteiger partial charge >= 0.3 is 0 Å². The van der Waals surface area contributed by atoms with Gasteiger partial charge in [0.1, 0.15) is 4.90 Å². The quantitative estimate of drug-likeness (QED) is 0.749. The molecular weight excluding hydrogens is 264 g/mol. The molecule has 0 atom stereocenters. The number of nitrogens with zero attached hydrogens (tertiary/aromatic N) is 4. The fourth-order valence-corrected chi connectivity index (χ4v) is 2.64. The molecule has 0 radical (unpaired) electrons. The van der Waals surface area contributed by atoms with Crippen molar-refractivity contribution in [3.8, 4) is 6.07 Å². The second-order valence-corrected chi connectivity index (χ2v) is 5.37. The van der Waals surface area contributed by atoms with Crippen molar-refractivity contribution in [2.45, 2.75) is 18.2 Å². The molecule has 0 bridgehead atoms. The molecule has 1 rings (SSSR count). The molecule has 17 heavy (non-hydrogen) atoms. The number of hydrogen-bond acceptors (Lipinski definition) is 5. The first-order valence-corrected chi connectivity index (χ1v) is 6.68. The van der Waals surface area contributed by atoms with Crippen LogP contribution >= 0.6 is 11.6 Å². The Morgan fingerprint density at radius 1 is 1.47 bits per heavy atom. The van der Waals surface area contributed by atoms with E-state index in [1.807, 2.05) is 6.07 Å². The van der Waals surface area contributed by atoms with Crippen LogP contribution in [0.2, 0.25) is 5.28 Å². The van der Waals surface area contributed by atoms with Crippen molar-refractivity contribution >= 4 is 21.6 Å². The van der Waals surface area contributed by atoms with Gasteiger partial charge in [-0.05, 0) is 11.6 Å². The Labute approximate surface area is 105 Å². The normalized spacial score (nSPS) is 11.4. The zero-order chi connectivity index (χ0) is 12.9. The van der Waals surface area contributed by atoms with Gasteiger partial charge in [-0.15, -0.1) is 0 Å². The maximum Gasteiger partial charge on any atom is 0.246 e. The fraction of sp³-hybridized carbons (Fsp3) is 0.444. The zero-order valence-electron chi connectivity index (χ0n) is 9.17. The predicted octanol–water partition coefficient (Wildman–Crippen LogP) is 1.05. The van der Waals surface area contributed by atoms with Gasteiger partial charge in [-0.1, -0.05) is 6.92 Å².